The van der Waals surface area contributed by atoms with Crippen molar-refractivity contribution in [2.75, 3.05) is 0 Å². The smallest absolute Gasteiger partial charge is 0.305 e. The van der Waals surface area contributed by atoms with Gasteiger partial charge < -0.3 is 10.4 Å². The molecule has 0 saturated heterocycles. The summed E-state index contributed by atoms with van der Waals surface area (Å²) in [6.07, 6.45) is 4.34. The molecule has 0 atom stereocenters. The minimum absolute atomic E-state index is 0.0124. The first-order chi connectivity index (χ1) is 7.53. The molecule has 0 aromatic rings. The lowest BCUT2D eigenvalue weighted by molar-refractivity contribution is -0.139. The lowest BCUT2D eigenvalue weighted by Crippen LogP contribution is -2.51. The largest absolute Gasteiger partial charge is 0.481 e. The fourth-order valence-corrected chi connectivity index (χ4v) is 2.04. The van der Waals surface area contributed by atoms with Crippen LogP contribution in [0.3, 0.4) is 0 Å². The molecule has 4 heteroatoms. The zero-order valence-corrected chi connectivity index (χ0v) is 10.1. The van der Waals surface area contributed by atoms with Gasteiger partial charge in [-0.25, -0.2) is 0 Å². The molecule has 2 N–H and O–H groups in total. The van der Waals surface area contributed by atoms with E-state index in [4.69, 9.17) is 5.11 Å². The van der Waals surface area contributed by atoms with E-state index in [1.165, 1.54) is 0 Å². The van der Waals surface area contributed by atoms with Gasteiger partial charge in [-0.1, -0.05) is 20.3 Å². The molecule has 4 nitrogen and oxygen atoms in total. The van der Waals surface area contributed by atoms with Crippen LogP contribution < -0.4 is 5.32 Å². The van der Waals surface area contributed by atoms with E-state index in [-0.39, 0.29) is 18.2 Å². The Morgan fingerprint density at radius 2 is 1.88 bits per heavy atom. The molecular formula is C12H21NO3. The highest BCUT2D eigenvalue weighted by Crippen LogP contribution is 2.28. The van der Waals surface area contributed by atoms with Gasteiger partial charge in [0.2, 0.25) is 5.91 Å². The second kappa shape index (κ2) is 5.32. The van der Waals surface area contributed by atoms with E-state index in [2.05, 4.69) is 5.32 Å². The Labute approximate surface area is 96.4 Å². The van der Waals surface area contributed by atoms with Crippen LogP contribution in [0, 0.1) is 5.92 Å². The minimum atomic E-state index is -0.849. The summed E-state index contributed by atoms with van der Waals surface area (Å²) >= 11 is 0. The number of carbonyl (C=O) groups excluding carboxylic acids is 1. The van der Waals surface area contributed by atoms with Gasteiger partial charge in [-0.05, 0) is 25.7 Å². The molecule has 1 saturated carbocycles. The van der Waals surface area contributed by atoms with E-state index < -0.39 is 11.5 Å². The maximum atomic E-state index is 11.8. The molecule has 1 fully saturated rings. The number of aliphatic carboxylic acids is 1. The van der Waals surface area contributed by atoms with Gasteiger partial charge in [-0.2, -0.15) is 0 Å². The average Bonchev–Trinajstić information content (AvgIpc) is 2.13. The molecule has 0 aromatic heterocycles. The summed E-state index contributed by atoms with van der Waals surface area (Å²) in [5, 5.41) is 11.8. The molecule has 16 heavy (non-hydrogen) atoms. The summed E-state index contributed by atoms with van der Waals surface area (Å²) < 4.78 is 0. The van der Waals surface area contributed by atoms with Crippen LogP contribution in [0.15, 0.2) is 0 Å². The van der Waals surface area contributed by atoms with Crippen molar-refractivity contribution in [1.82, 2.24) is 5.32 Å². The van der Waals surface area contributed by atoms with E-state index in [1.807, 2.05) is 13.8 Å². The number of carboxylic acids is 1. The molecule has 0 aliphatic heterocycles. The van der Waals surface area contributed by atoms with Gasteiger partial charge in [-0.3, -0.25) is 9.59 Å². The molecule has 0 aromatic carbocycles. The van der Waals surface area contributed by atoms with Crippen LogP contribution in [0.25, 0.3) is 0 Å². The zero-order chi connectivity index (χ0) is 12.2. The molecule has 1 amide bonds. The molecule has 1 aliphatic carbocycles. The number of hydrogen-bond acceptors (Lipinski definition) is 2. The molecule has 0 spiro atoms. The van der Waals surface area contributed by atoms with E-state index >= 15 is 0 Å². The molecule has 0 unspecified atom stereocenters. The lowest BCUT2D eigenvalue weighted by atomic mass is 9.82. The summed E-state index contributed by atoms with van der Waals surface area (Å²) in [6, 6.07) is 0. The van der Waals surface area contributed by atoms with Crippen molar-refractivity contribution in [1.29, 1.82) is 0 Å². The summed E-state index contributed by atoms with van der Waals surface area (Å²) in [5.74, 6) is -0.694. The minimum Gasteiger partial charge on any atom is -0.481 e. The highest BCUT2D eigenvalue weighted by molar-refractivity contribution is 5.81. The molecule has 1 rings (SSSR count). The van der Waals surface area contributed by atoms with Gasteiger partial charge in [-0.15, -0.1) is 0 Å². The van der Waals surface area contributed by atoms with Crippen LogP contribution in [-0.2, 0) is 9.59 Å². The van der Waals surface area contributed by atoms with Crippen molar-refractivity contribution in [2.45, 2.75) is 57.9 Å². The number of carboxylic acid groups (broad SMARTS) is 1. The summed E-state index contributed by atoms with van der Waals surface area (Å²) in [6.45, 7) is 3.85. The second-order valence-corrected chi connectivity index (χ2v) is 4.68. The van der Waals surface area contributed by atoms with Gasteiger partial charge in [0, 0.05) is 11.5 Å². The van der Waals surface area contributed by atoms with Gasteiger partial charge in [0.25, 0.3) is 0 Å². The number of hydrogen-bond donors (Lipinski definition) is 2. The third-order valence-electron chi connectivity index (χ3n) is 3.71. The number of amides is 1. The predicted octanol–water partition coefficient (Wildman–Crippen LogP) is 1.94. The predicted molar refractivity (Wildman–Crippen MR) is 61.0 cm³/mol. The fourth-order valence-electron chi connectivity index (χ4n) is 2.04. The SMILES string of the molecule is CCC(CC)(CC(=O)O)NC(=O)C1CCC1. The Morgan fingerprint density at radius 1 is 1.31 bits per heavy atom. The van der Waals surface area contributed by atoms with Crippen LogP contribution in [0.2, 0.25) is 0 Å². The van der Waals surface area contributed by atoms with Crippen molar-refractivity contribution in [3.63, 3.8) is 0 Å². The number of carbonyl (C=O) groups is 2. The van der Waals surface area contributed by atoms with Gasteiger partial charge in [0.05, 0.1) is 6.42 Å². The first-order valence-corrected chi connectivity index (χ1v) is 6.07. The van der Waals surface area contributed by atoms with Crippen molar-refractivity contribution in [2.24, 2.45) is 5.92 Å². The quantitative estimate of drug-likeness (QED) is 0.728. The van der Waals surface area contributed by atoms with Crippen molar-refractivity contribution in [3.8, 4) is 0 Å². The highest BCUT2D eigenvalue weighted by Gasteiger charge is 2.34. The van der Waals surface area contributed by atoms with Gasteiger partial charge in [0.1, 0.15) is 0 Å². The second-order valence-electron chi connectivity index (χ2n) is 4.68. The van der Waals surface area contributed by atoms with Crippen molar-refractivity contribution < 1.29 is 14.7 Å². The first-order valence-electron chi connectivity index (χ1n) is 6.07. The maximum Gasteiger partial charge on any atom is 0.305 e. The molecule has 0 radical (unpaired) electrons. The average molecular weight is 227 g/mol. The molecule has 0 bridgehead atoms. The first kappa shape index (κ1) is 13.0. The van der Waals surface area contributed by atoms with E-state index in [1.54, 1.807) is 0 Å². The Morgan fingerprint density at radius 3 is 2.19 bits per heavy atom. The van der Waals surface area contributed by atoms with E-state index in [0.717, 1.165) is 19.3 Å². The van der Waals surface area contributed by atoms with Crippen LogP contribution >= 0.6 is 0 Å². The lowest BCUT2D eigenvalue weighted by Gasteiger charge is -2.35. The van der Waals surface area contributed by atoms with Crippen LogP contribution in [0.4, 0.5) is 0 Å². The maximum absolute atomic E-state index is 11.8. The molecule has 92 valence electrons. The monoisotopic (exact) mass is 227 g/mol. The van der Waals surface area contributed by atoms with Crippen molar-refractivity contribution >= 4 is 11.9 Å². The van der Waals surface area contributed by atoms with Crippen LogP contribution in [0.5, 0.6) is 0 Å². The number of rotatable bonds is 6. The summed E-state index contributed by atoms with van der Waals surface area (Å²) in [7, 11) is 0. The zero-order valence-electron chi connectivity index (χ0n) is 10.1. The Kier molecular flexibility index (Phi) is 4.33. The Balaban J connectivity index is 2.61. The van der Waals surface area contributed by atoms with E-state index in [9.17, 15) is 9.59 Å². The molecule has 0 heterocycles. The highest BCUT2D eigenvalue weighted by atomic mass is 16.4. The summed E-state index contributed by atoms with van der Waals surface area (Å²) in [5.41, 5.74) is -0.557. The fraction of sp³-hybridized carbons (Fsp3) is 0.833. The van der Waals surface area contributed by atoms with Crippen molar-refractivity contribution in [3.05, 3.63) is 0 Å². The third-order valence-corrected chi connectivity index (χ3v) is 3.71. The van der Waals surface area contributed by atoms with Gasteiger partial charge >= 0.3 is 5.97 Å². The standard InChI is InChI=1S/C12H21NO3/c1-3-12(4-2,8-10(14)15)13-11(16)9-6-5-7-9/h9H,3-8H2,1-2H3,(H,13,16)(H,14,15). The summed E-state index contributed by atoms with van der Waals surface area (Å²) in [4.78, 5) is 22.7. The van der Waals surface area contributed by atoms with Gasteiger partial charge in [0.15, 0.2) is 0 Å². The molecular weight excluding hydrogens is 206 g/mol. The van der Waals surface area contributed by atoms with Crippen LogP contribution in [0.1, 0.15) is 52.4 Å². The van der Waals surface area contributed by atoms with E-state index in [0.29, 0.717) is 12.8 Å². The Hall–Kier alpha value is -1.06. The Bertz CT molecular complexity index is 267. The molecule has 1 aliphatic rings. The number of nitrogens with one attached hydrogen (secondary N) is 1. The van der Waals surface area contributed by atoms with Crippen LogP contribution in [-0.4, -0.2) is 22.5 Å². The third kappa shape index (κ3) is 2.97. The normalized spacial score (nSPS) is 16.6. The topological polar surface area (TPSA) is 66.4 Å².